The predicted octanol–water partition coefficient (Wildman–Crippen LogP) is 3.65. The van der Waals surface area contributed by atoms with Gasteiger partial charge in [-0.25, -0.2) is 0 Å². The third-order valence-corrected chi connectivity index (χ3v) is 2.94. The first-order chi connectivity index (χ1) is 9.63. The second-order valence-corrected chi connectivity index (χ2v) is 4.33. The molecule has 2 rings (SSSR count). The van der Waals surface area contributed by atoms with E-state index in [0.29, 0.717) is 17.1 Å². The molecule has 4 heteroatoms. The minimum Gasteiger partial charge on any atom is -0.497 e. The molecule has 0 aliphatic carbocycles. The maximum absolute atomic E-state index is 11.6. The SMILES string of the molecule is COc1cc(Nc2ccccc2C(C)=O)cc(OC)c1. The van der Waals surface area contributed by atoms with E-state index in [1.807, 2.05) is 30.3 Å². The van der Waals surface area contributed by atoms with Gasteiger partial charge in [-0.05, 0) is 19.1 Å². The molecule has 0 aliphatic rings. The Morgan fingerprint density at radius 3 is 2.15 bits per heavy atom. The van der Waals surface area contributed by atoms with Crippen molar-refractivity contribution in [3.8, 4) is 11.5 Å². The van der Waals surface area contributed by atoms with Gasteiger partial charge in [-0.3, -0.25) is 4.79 Å². The van der Waals surface area contributed by atoms with Gasteiger partial charge in [0.1, 0.15) is 11.5 Å². The molecule has 0 aliphatic heterocycles. The first kappa shape index (κ1) is 13.9. The third-order valence-electron chi connectivity index (χ3n) is 2.94. The van der Waals surface area contributed by atoms with E-state index in [4.69, 9.17) is 9.47 Å². The molecule has 20 heavy (non-hydrogen) atoms. The lowest BCUT2D eigenvalue weighted by Gasteiger charge is -2.12. The van der Waals surface area contributed by atoms with E-state index in [0.717, 1.165) is 11.4 Å². The minimum absolute atomic E-state index is 0.0166. The van der Waals surface area contributed by atoms with Crippen LogP contribution in [-0.2, 0) is 0 Å². The molecule has 0 atom stereocenters. The van der Waals surface area contributed by atoms with Crippen LogP contribution in [-0.4, -0.2) is 20.0 Å². The van der Waals surface area contributed by atoms with Crippen molar-refractivity contribution in [3.63, 3.8) is 0 Å². The number of ketones is 1. The van der Waals surface area contributed by atoms with Gasteiger partial charge < -0.3 is 14.8 Å². The number of benzene rings is 2. The smallest absolute Gasteiger partial charge is 0.161 e. The molecule has 0 heterocycles. The average Bonchev–Trinajstić information content (AvgIpc) is 2.47. The van der Waals surface area contributed by atoms with Crippen LogP contribution in [0.5, 0.6) is 11.5 Å². The molecule has 104 valence electrons. The van der Waals surface area contributed by atoms with Gasteiger partial charge in [0.15, 0.2) is 5.78 Å². The Morgan fingerprint density at radius 1 is 1.00 bits per heavy atom. The number of hydrogen-bond acceptors (Lipinski definition) is 4. The highest BCUT2D eigenvalue weighted by atomic mass is 16.5. The van der Waals surface area contributed by atoms with Gasteiger partial charge in [-0.2, -0.15) is 0 Å². The molecule has 0 spiro atoms. The number of rotatable bonds is 5. The number of carbonyl (C=O) groups is 1. The van der Waals surface area contributed by atoms with Crippen LogP contribution in [0.3, 0.4) is 0 Å². The molecule has 0 aromatic heterocycles. The summed E-state index contributed by atoms with van der Waals surface area (Å²) >= 11 is 0. The lowest BCUT2D eigenvalue weighted by molar-refractivity contribution is 0.101. The van der Waals surface area contributed by atoms with Crippen molar-refractivity contribution in [1.82, 2.24) is 0 Å². The Bertz CT molecular complexity index is 601. The zero-order valence-electron chi connectivity index (χ0n) is 11.8. The van der Waals surface area contributed by atoms with E-state index in [2.05, 4.69) is 5.32 Å². The largest absolute Gasteiger partial charge is 0.497 e. The summed E-state index contributed by atoms with van der Waals surface area (Å²) in [7, 11) is 3.20. The van der Waals surface area contributed by atoms with Crippen molar-refractivity contribution in [1.29, 1.82) is 0 Å². The standard InChI is InChI=1S/C16H17NO3/c1-11(18)15-6-4-5-7-16(15)17-12-8-13(19-2)10-14(9-12)20-3/h4-10,17H,1-3H3. The van der Waals surface area contributed by atoms with Crippen LogP contribution in [0.15, 0.2) is 42.5 Å². The van der Waals surface area contributed by atoms with Crippen molar-refractivity contribution in [2.45, 2.75) is 6.92 Å². The molecule has 0 saturated heterocycles. The van der Waals surface area contributed by atoms with E-state index in [9.17, 15) is 4.79 Å². The van der Waals surface area contributed by atoms with Crippen LogP contribution in [0.25, 0.3) is 0 Å². The van der Waals surface area contributed by atoms with Gasteiger partial charge in [-0.15, -0.1) is 0 Å². The van der Waals surface area contributed by atoms with E-state index in [-0.39, 0.29) is 5.78 Å². The fourth-order valence-corrected chi connectivity index (χ4v) is 1.93. The molecule has 1 N–H and O–H groups in total. The molecule has 0 fully saturated rings. The second-order valence-electron chi connectivity index (χ2n) is 4.33. The van der Waals surface area contributed by atoms with Gasteiger partial charge in [0.25, 0.3) is 0 Å². The molecule has 0 unspecified atom stereocenters. The maximum atomic E-state index is 11.6. The Morgan fingerprint density at radius 2 is 1.60 bits per heavy atom. The highest BCUT2D eigenvalue weighted by Gasteiger charge is 2.08. The average molecular weight is 271 g/mol. The molecule has 0 saturated carbocycles. The number of nitrogens with one attached hydrogen (secondary N) is 1. The van der Waals surface area contributed by atoms with Crippen LogP contribution in [0, 0.1) is 0 Å². The zero-order valence-corrected chi connectivity index (χ0v) is 11.8. The summed E-state index contributed by atoms with van der Waals surface area (Å²) < 4.78 is 10.5. The van der Waals surface area contributed by atoms with Crippen LogP contribution >= 0.6 is 0 Å². The number of carbonyl (C=O) groups excluding carboxylic acids is 1. The normalized spacial score (nSPS) is 9.95. The molecule has 2 aromatic rings. The second kappa shape index (κ2) is 6.10. The Balaban J connectivity index is 2.37. The Kier molecular flexibility index (Phi) is 4.25. The summed E-state index contributed by atoms with van der Waals surface area (Å²) in [5.41, 5.74) is 2.21. The van der Waals surface area contributed by atoms with E-state index in [1.165, 1.54) is 0 Å². The maximum Gasteiger partial charge on any atom is 0.161 e. The number of hydrogen-bond donors (Lipinski definition) is 1. The van der Waals surface area contributed by atoms with Gasteiger partial charge in [0.05, 0.1) is 14.2 Å². The lowest BCUT2D eigenvalue weighted by atomic mass is 10.1. The van der Waals surface area contributed by atoms with Crippen LogP contribution in [0.2, 0.25) is 0 Å². The molecular formula is C16H17NO3. The highest BCUT2D eigenvalue weighted by Crippen LogP contribution is 2.29. The van der Waals surface area contributed by atoms with Gasteiger partial charge >= 0.3 is 0 Å². The van der Waals surface area contributed by atoms with Gasteiger partial charge in [0.2, 0.25) is 0 Å². The van der Waals surface area contributed by atoms with Crippen LogP contribution in [0.4, 0.5) is 11.4 Å². The van der Waals surface area contributed by atoms with Crippen LogP contribution in [0.1, 0.15) is 17.3 Å². The monoisotopic (exact) mass is 271 g/mol. The summed E-state index contributed by atoms with van der Waals surface area (Å²) in [5, 5.41) is 3.22. The highest BCUT2D eigenvalue weighted by molar-refractivity contribution is 6.00. The first-order valence-electron chi connectivity index (χ1n) is 6.24. The number of anilines is 2. The number of Topliss-reactive ketones (excluding diaryl/α,β-unsaturated/α-hetero) is 1. The zero-order chi connectivity index (χ0) is 14.5. The lowest BCUT2D eigenvalue weighted by Crippen LogP contribution is -2.00. The van der Waals surface area contributed by atoms with Crippen molar-refractivity contribution in [2.24, 2.45) is 0 Å². The predicted molar refractivity (Wildman–Crippen MR) is 79.3 cm³/mol. The van der Waals surface area contributed by atoms with Gasteiger partial charge in [0, 0.05) is 35.1 Å². The third kappa shape index (κ3) is 3.09. The molecular weight excluding hydrogens is 254 g/mol. The summed E-state index contributed by atoms with van der Waals surface area (Å²) in [5.74, 6) is 1.39. The summed E-state index contributed by atoms with van der Waals surface area (Å²) in [6.07, 6.45) is 0. The van der Waals surface area contributed by atoms with Crippen molar-refractivity contribution < 1.29 is 14.3 Å². The summed E-state index contributed by atoms with van der Waals surface area (Å²) in [6.45, 7) is 1.55. The van der Waals surface area contributed by atoms with E-state index >= 15 is 0 Å². The molecule has 0 bridgehead atoms. The van der Waals surface area contributed by atoms with Crippen LogP contribution < -0.4 is 14.8 Å². The van der Waals surface area contributed by atoms with E-state index < -0.39 is 0 Å². The fraction of sp³-hybridized carbons (Fsp3) is 0.188. The van der Waals surface area contributed by atoms with Gasteiger partial charge in [-0.1, -0.05) is 12.1 Å². The molecule has 0 amide bonds. The summed E-state index contributed by atoms with van der Waals surface area (Å²) in [4.78, 5) is 11.6. The van der Waals surface area contributed by atoms with E-state index in [1.54, 1.807) is 33.3 Å². The minimum atomic E-state index is 0.0166. The first-order valence-corrected chi connectivity index (χ1v) is 6.24. The van der Waals surface area contributed by atoms with Crippen molar-refractivity contribution >= 4 is 17.2 Å². The van der Waals surface area contributed by atoms with Crippen molar-refractivity contribution in [3.05, 3.63) is 48.0 Å². The fourth-order valence-electron chi connectivity index (χ4n) is 1.93. The number of ether oxygens (including phenoxy) is 2. The molecule has 0 radical (unpaired) electrons. The Labute approximate surface area is 118 Å². The topological polar surface area (TPSA) is 47.6 Å². The molecule has 2 aromatic carbocycles. The quantitative estimate of drug-likeness (QED) is 0.843. The number of para-hydroxylation sites is 1. The number of methoxy groups -OCH3 is 2. The summed E-state index contributed by atoms with van der Waals surface area (Å²) in [6, 6.07) is 12.9. The van der Waals surface area contributed by atoms with Crippen molar-refractivity contribution in [2.75, 3.05) is 19.5 Å². The molecule has 4 nitrogen and oxygen atoms in total. The Hall–Kier alpha value is -2.49.